The smallest absolute Gasteiger partial charge is 0.343 e. The van der Waals surface area contributed by atoms with E-state index in [-0.39, 0.29) is 17.2 Å². The van der Waals surface area contributed by atoms with Crippen molar-refractivity contribution in [3.63, 3.8) is 0 Å². The van der Waals surface area contributed by atoms with Crippen LogP contribution in [0.2, 0.25) is 5.02 Å². The summed E-state index contributed by atoms with van der Waals surface area (Å²) in [7, 11) is 0. The Morgan fingerprint density at radius 1 is 1.06 bits per heavy atom. The van der Waals surface area contributed by atoms with E-state index < -0.39 is 11.8 Å². The van der Waals surface area contributed by atoms with Crippen molar-refractivity contribution in [2.45, 2.75) is 0 Å². The third-order valence-electron chi connectivity index (χ3n) is 4.13. The fourth-order valence-electron chi connectivity index (χ4n) is 2.71. The lowest BCUT2D eigenvalue weighted by atomic mass is 10.2. The van der Waals surface area contributed by atoms with Crippen molar-refractivity contribution >= 4 is 52.2 Å². The summed E-state index contributed by atoms with van der Waals surface area (Å²) in [4.78, 5) is 29.3. The molecule has 1 saturated heterocycles. The first-order chi connectivity index (χ1) is 15.0. The maximum absolute atomic E-state index is 13.3. The molecule has 8 heteroatoms. The number of esters is 1. The lowest BCUT2D eigenvalue weighted by molar-refractivity contribution is -0.115. The maximum Gasteiger partial charge on any atom is 0.343 e. The molecule has 1 aliphatic rings. The molecule has 1 heterocycles. The molecule has 1 amide bonds. The number of nitrogens with zero attached hydrogens (tertiary/aromatic N) is 1. The highest BCUT2D eigenvalue weighted by Crippen LogP contribution is 2.29. The molecule has 0 atom stereocenters. The van der Waals surface area contributed by atoms with Crippen LogP contribution >= 0.6 is 23.4 Å². The predicted octanol–water partition coefficient (Wildman–Crippen LogP) is 5.59. The first-order valence-corrected chi connectivity index (χ1v) is 10.3. The van der Waals surface area contributed by atoms with E-state index in [9.17, 15) is 14.0 Å². The molecule has 0 radical (unpaired) electrons. The van der Waals surface area contributed by atoms with Crippen molar-refractivity contribution in [2.75, 3.05) is 0 Å². The van der Waals surface area contributed by atoms with Crippen LogP contribution in [-0.4, -0.2) is 17.0 Å². The highest BCUT2D eigenvalue weighted by atomic mass is 35.5. The minimum atomic E-state index is -0.672. The van der Waals surface area contributed by atoms with Crippen LogP contribution in [0.5, 0.6) is 5.75 Å². The molecule has 0 bridgehead atoms. The molecule has 31 heavy (non-hydrogen) atoms. The zero-order valence-electron chi connectivity index (χ0n) is 15.8. The molecular formula is C23H14ClFN2O3S. The highest BCUT2D eigenvalue weighted by Gasteiger charge is 2.23. The monoisotopic (exact) mass is 452 g/mol. The topological polar surface area (TPSA) is 67.8 Å². The number of benzene rings is 3. The standard InChI is InChI=1S/C23H14ClFN2O3S/c24-16-7-9-18(10-8-16)26-23-27-21(28)20(31-23)12-14-3-1-6-19(11-14)30-22(29)15-4-2-5-17(25)13-15/h1-13H,(H,26,27,28)/b20-12-. The van der Waals surface area contributed by atoms with Crippen molar-refractivity contribution in [3.05, 3.63) is 99.7 Å². The number of ether oxygens (including phenoxy) is 1. The van der Waals surface area contributed by atoms with Gasteiger partial charge in [-0.25, -0.2) is 14.2 Å². The average molecular weight is 453 g/mol. The quantitative estimate of drug-likeness (QED) is 0.318. The van der Waals surface area contributed by atoms with Gasteiger partial charge >= 0.3 is 5.97 Å². The number of thioether (sulfide) groups is 1. The van der Waals surface area contributed by atoms with Crippen molar-refractivity contribution < 1.29 is 18.7 Å². The van der Waals surface area contributed by atoms with Gasteiger partial charge < -0.3 is 10.1 Å². The number of aliphatic imine (C=N–C) groups is 1. The molecule has 4 rings (SSSR count). The Labute approximate surface area is 186 Å². The fourth-order valence-corrected chi connectivity index (χ4v) is 3.68. The summed E-state index contributed by atoms with van der Waals surface area (Å²) in [6, 6.07) is 18.9. The first-order valence-electron chi connectivity index (χ1n) is 9.09. The number of halogens is 2. The van der Waals surface area contributed by atoms with Gasteiger partial charge in [-0.1, -0.05) is 29.8 Å². The number of hydrogen-bond acceptors (Lipinski definition) is 5. The second-order valence-corrected chi connectivity index (χ2v) is 7.90. The van der Waals surface area contributed by atoms with Gasteiger partial charge in [0.2, 0.25) is 0 Å². The number of carbonyl (C=O) groups excluding carboxylic acids is 2. The predicted molar refractivity (Wildman–Crippen MR) is 120 cm³/mol. The Bertz CT molecular complexity index is 1230. The van der Waals surface area contributed by atoms with Crippen LogP contribution in [0.3, 0.4) is 0 Å². The van der Waals surface area contributed by atoms with Crippen LogP contribution in [-0.2, 0) is 4.79 Å². The maximum atomic E-state index is 13.3. The third-order valence-corrected chi connectivity index (χ3v) is 5.30. The summed E-state index contributed by atoms with van der Waals surface area (Å²) in [5, 5.41) is 3.77. The van der Waals surface area contributed by atoms with Crippen LogP contribution in [0.25, 0.3) is 6.08 Å². The van der Waals surface area contributed by atoms with Gasteiger partial charge in [-0.2, -0.15) is 0 Å². The van der Waals surface area contributed by atoms with Gasteiger partial charge in [-0.3, -0.25) is 4.79 Å². The lowest BCUT2D eigenvalue weighted by Gasteiger charge is -2.05. The molecule has 0 aromatic heterocycles. The first kappa shape index (κ1) is 20.8. The molecule has 154 valence electrons. The van der Waals surface area contributed by atoms with Crippen LogP contribution in [0.1, 0.15) is 15.9 Å². The van der Waals surface area contributed by atoms with E-state index >= 15 is 0 Å². The van der Waals surface area contributed by atoms with E-state index in [0.717, 1.165) is 6.07 Å². The number of hydrogen-bond donors (Lipinski definition) is 1. The molecule has 0 aliphatic carbocycles. The SMILES string of the molecule is O=C1NC(=Nc2ccc(Cl)cc2)S/C1=C\c1cccc(OC(=O)c2cccc(F)c2)c1. The van der Waals surface area contributed by atoms with Gasteiger partial charge in [-0.15, -0.1) is 0 Å². The lowest BCUT2D eigenvalue weighted by Crippen LogP contribution is -2.19. The minimum Gasteiger partial charge on any atom is -0.423 e. The Kier molecular flexibility index (Phi) is 6.16. The van der Waals surface area contributed by atoms with Crippen molar-refractivity contribution in [1.29, 1.82) is 0 Å². The summed E-state index contributed by atoms with van der Waals surface area (Å²) in [5.74, 6) is -1.19. The molecule has 3 aromatic carbocycles. The Morgan fingerprint density at radius 2 is 1.84 bits per heavy atom. The van der Waals surface area contributed by atoms with Crippen LogP contribution in [0.15, 0.2) is 82.7 Å². The number of rotatable bonds is 4. The fraction of sp³-hybridized carbons (Fsp3) is 0. The molecule has 3 aromatic rings. The number of carbonyl (C=O) groups is 2. The molecule has 1 aliphatic heterocycles. The summed E-state index contributed by atoms with van der Waals surface area (Å²) >= 11 is 7.07. The zero-order chi connectivity index (χ0) is 21.8. The van der Waals surface area contributed by atoms with E-state index in [4.69, 9.17) is 16.3 Å². The van der Waals surface area contributed by atoms with Crippen LogP contribution in [0.4, 0.5) is 10.1 Å². The largest absolute Gasteiger partial charge is 0.423 e. The van der Waals surface area contributed by atoms with E-state index in [0.29, 0.717) is 26.3 Å². The van der Waals surface area contributed by atoms with Crippen LogP contribution < -0.4 is 10.1 Å². The Hall–Kier alpha value is -3.42. The highest BCUT2D eigenvalue weighted by molar-refractivity contribution is 8.18. The second-order valence-electron chi connectivity index (χ2n) is 6.43. The van der Waals surface area contributed by atoms with Crippen LogP contribution in [0, 0.1) is 5.82 Å². The molecule has 5 nitrogen and oxygen atoms in total. The van der Waals surface area contributed by atoms with Crippen molar-refractivity contribution in [2.24, 2.45) is 4.99 Å². The molecule has 0 spiro atoms. The normalized spacial score (nSPS) is 15.9. The zero-order valence-corrected chi connectivity index (χ0v) is 17.4. The van der Waals surface area contributed by atoms with Gasteiger partial charge in [-0.05, 0) is 78.0 Å². The third kappa shape index (κ3) is 5.39. The number of amides is 1. The minimum absolute atomic E-state index is 0.109. The molecule has 0 unspecified atom stereocenters. The summed E-state index contributed by atoms with van der Waals surface area (Å²) in [6.45, 7) is 0. The van der Waals surface area contributed by atoms with Gasteiger partial charge in [0, 0.05) is 5.02 Å². The Morgan fingerprint density at radius 3 is 2.61 bits per heavy atom. The molecule has 1 fully saturated rings. The van der Waals surface area contributed by atoms with E-state index in [2.05, 4.69) is 10.3 Å². The molecule has 0 saturated carbocycles. The summed E-state index contributed by atoms with van der Waals surface area (Å²) < 4.78 is 18.6. The van der Waals surface area contributed by atoms with Gasteiger partial charge in [0.1, 0.15) is 11.6 Å². The van der Waals surface area contributed by atoms with Gasteiger partial charge in [0.25, 0.3) is 5.91 Å². The molecule has 1 N–H and O–H groups in total. The van der Waals surface area contributed by atoms with Crippen molar-refractivity contribution in [3.8, 4) is 5.75 Å². The summed E-state index contributed by atoms with van der Waals surface area (Å²) in [6.07, 6.45) is 1.67. The van der Waals surface area contributed by atoms with Gasteiger partial charge in [0.15, 0.2) is 5.17 Å². The van der Waals surface area contributed by atoms with E-state index in [1.165, 1.54) is 30.0 Å². The number of amidine groups is 1. The second kappa shape index (κ2) is 9.16. The Balaban J connectivity index is 1.49. The number of nitrogens with one attached hydrogen (secondary N) is 1. The average Bonchev–Trinajstić information content (AvgIpc) is 3.08. The summed E-state index contributed by atoms with van der Waals surface area (Å²) in [5.41, 5.74) is 1.44. The van der Waals surface area contributed by atoms with Gasteiger partial charge in [0.05, 0.1) is 16.2 Å². The molecular weight excluding hydrogens is 439 g/mol. The van der Waals surface area contributed by atoms with Crippen molar-refractivity contribution in [1.82, 2.24) is 5.32 Å². The van der Waals surface area contributed by atoms with E-state index in [1.807, 2.05) is 0 Å². The van der Waals surface area contributed by atoms with E-state index in [1.54, 1.807) is 54.6 Å².